The Kier molecular flexibility index (Phi) is 4.91. The van der Waals surface area contributed by atoms with Crippen molar-refractivity contribution < 1.29 is 9.53 Å². The summed E-state index contributed by atoms with van der Waals surface area (Å²) < 4.78 is 6.37. The second-order valence-corrected chi connectivity index (χ2v) is 9.95. The summed E-state index contributed by atoms with van der Waals surface area (Å²) in [5, 5.41) is 0.562. The molecule has 5 nitrogen and oxygen atoms in total. The van der Waals surface area contributed by atoms with Crippen LogP contribution in [0.15, 0.2) is 42.7 Å². The third kappa shape index (κ3) is 3.50. The summed E-state index contributed by atoms with van der Waals surface area (Å²) in [5.74, 6) is 0.635. The van der Waals surface area contributed by atoms with Gasteiger partial charge in [0.2, 0.25) is 0 Å². The molecular weight excluding hydrogens is 434 g/mol. The molecule has 33 heavy (non-hydrogen) atoms. The number of carbonyl (C=O) groups is 1. The number of piperidine rings is 1. The molecule has 0 aliphatic carbocycles. The number of amides is 1. The fourth-order valence-electron chi connectivity index (χ4n) is 5.63. The Morgan fingerprint density at radius 1 is 1.06 bits per heavy atom. The molecule has 6 heterocycles. The number of carbonyl (C=O) groups excluding carboxylic acids is 1. The maximum Gasteiger partial charge on any atom is 0.258 e. The molecule has 4 aliphatic heterocycles. The van der Waals surface area contributed by atoms with Crippen molar-refractivity contribution in [3.8, 4) is 17.0 Å². The van der Waals surface area contributed by atoms with E-state index < -0.39 is 0 Å². The summed E-state index contributed by atoms with van der Waals surface area (Å²) in [5.41, 5.74) is 6.54. The number of pyridine rings is 2. The van der Waals surface area contributed by atoms with E-state index in [4.69, 9.17) is 16.3 Å². The normalized spacial score (nSPS) is 23.2. The summed E-state index contributed by atoms with van der Waals surface area (Å²) in [4.78, 5) is 24.7. The van der Waals surface area contributed by atoms with E-state index >= 15 is 0 Å². The number of hydrogen-bond acceptors (Lipinski definition) is 4. The SMILES string of the molecule is Cc1ccc(-c2ccc(Cc3cc4c(c(Cl)c3C)OC3CC5CCC(C3)N5C4=O)cn2)cn1. The predicted molar refractivity (Wildman–Crippen MR) is 128 cm³/mol. The predicted octanol–water partition coefficient (Wildman–Crippen LogP) is 5.53. The zero-order valence-electron chi connectivity index (χ0n) is 18.8. The number of nitrogens with zero attached hydrogens (tertiary/aromatic N) is 3. The molecule has 1 amide bonds. The lowest BCUT2D eigenvalue weighted by Gasteiger charge is -2.42. The van der Waals surface area contributed by atoms with Crippen molar-refractivity contribution in [3.05, 3.63) is 75.7 Å². The smallest absolute Gasteiger partial charge is 0.258 e. The van der Waals surface area contributed by atoms with Crippen LogP contribution in [-0.2, 0) is 6.42 Å². The number of benzene rings is 1. The van der Waals surface area contributed by atoms with E-state index in [1.807, 2.05) is 50.5 Å². The van der Waals surface area contributed by atoms with Gasteiger partial charge in [0.15, 0.2) is 5.75 Å². The van der Waals surface area contributed by atoms with Gasteiger partial charge in [-0.2, -0.15) is 0 Å². The van der Waals surface area contributed by atoms with Gasteiger partial charge in [-0.1, -0.05) is 17.7 Å². The number of hydrogen-bond donors (Lipinski definition) is 0. The lowest BCUT2D eigenvalue weighted by molar-refractivity contribution is 0.0275. The zero-order valence-corrected chi connectivity index (χ0v) is 19.6. The monoisotopic (exact) mass is 459 g/mol. The molecule has 2 unspecified atom stereocenters. The zero-order chi connectivity index (χ0) is 22.7. The van der Waals surface area contributed by atoms with Crippen LogP contribution in [0.3, 0.4) is 0 Å². The van der Waals surface area contributed by atoms with Gasteiger partial charge in [-0.25, -0.2) is 0 Å². The molecule has 7 rings (SSSR count). The van der Waals surface area contributed by atoms with Gasteiger partial charge in [-0.15, -0.1) is 0 Å². The van der Waals surface area contributed by atoms with E-state index in [-0.39, 0.29) is 12.0 Å². The summed E-state index contributed by atoms with van der Waals surface area (Å²) in [6.07, 6.45) is 8.50. The molecule has 4 aliphatic rings. The number of halogens is 1. The van der Waals surface area contributed by atoms with Crippen LogP contribution in [0.25, 0.3) is 11.3 Å². The van der Waals surface area contributed by atoms with Gasteiger partial charge in [0.1, 0.15) is 6.10 Å². The van der Waals surface area contributed by atoms with Crippen LogP contribution < -0.4 is 4.74 Å². The van der Waals surface area contributed by atoms with Gasteiger partial charge in [0.05, 0.1) is 16.3 Å². The molecule has 1 aromatic carbocycles. The molecule has 2 aromatic heterocycles. The Balaban J connectivity index is 1.33. The molecular formula is C27H26ClN3O2. The van der Waals surface area contributed by atoms with Gasteiger partial charge in [-0.3, -0.25) is 14.8 Å². The van der Waals surface area contributed by atoms with Crippen LogP contribution in [0.1, 0.15) is 58.4 Å². The second kappa shape index (κ2) is 7.84. The average molecular weight is 460 g/mol. The molecule has 4 bridgehead atoms. The Morgan fingerprint density at radius 2 is 1.85 bits per heavy atom. The largest absolute Gasteiger partial charge is 0.488 e. The van der Waals surface area contributed by atoms with Gasteiger partial charge in [-0.05, 0) is 74.1 Å². The Morgan fingerprint density at radius 3 is 2.52 bits per heavy atom. The maximum absolute atomic E-state index is 13.6. The quantitative estimate of drug-likeness (QED) is 0.516. The number of ether oxygens (including phenoxy) is 1. The summed E-state index contributed by atoms with van der Waals surface area (Å²) in [7, 11) is 0. The number of aromatic nitrogens is 2. The minimum atomic E-state index is 0.0687. The number of aryl methyl sites for hydroxylation is 1. The molecule has 0 spiro atoms. The van der Waals surface area contributed by atoms with E-state index in [2.05, 4.69) is 20.9 Å². The van der Waals surface area contributed by atoms with Gasteiger partial charge < -0.3 is 9.64 Å². The van der Waals surface area contributed by atoms with Crippen LogP contribution in [-0.4, -0.2) is 39.0 Å². The first-order valence-corrected chi connectivity index (χ1v) is 12.0. The topological polar surface area (TPSA) is 55.3 Å². The number of rotatable bonds is 3. The van der Waals surface area contributed by atoms with E-state index in [1.54, 1.807) is 0 Å². The molecule has 3 aromatic rings. The highest BCUT2D eigenvalue weighted by atomic mass is 35.5. The van der Waals surface area contributed by atoms with Crippen molar-refractivity contribution >= 4 is 17.5 Å². The van der Waals surface area contributed by atoms with E-state index in [0.29, 0.717) is 34.8 Å². The van der Waals surface area contributed by atoms with Crippen LogP contribution in [0.4, 0.5) is 0 Å². The first-order valence-electron chi connectivity index (χ1n) is 11.7. The molecule has 0 radical (unpaired) electrons. The lowest BCUT2D eigenvalue weighted by atomic mass is 9.93. The third-order valence-corrected chi connectivity index (χ3v) is 7.89. The Hall–Kier alpha value is -2.92. The van der Waals surface area contributed by atoms with Crippen molar-refractivity contribution in [1.29, 1.82) is 0 Å². The van der Waals surface area contributed by atoms with Crippen molar-refractivity contribution in [1.82, 2.24) is 14.9 Å². The van der Waals surface area contributed by atoms with Crippen LogP contribution >= 0.6 is 11.6 Å². The van der Waals surface area contributed by atoms with Gasteiger partial charge in [0.25, 0.3) is 5.91 Å². The highest BCUT2D eigenvalue weighted by Crippen LogP contribution is 2.45. The first-order chi connectivity index (χ1) is 16.0. The third-order valence-electron chi connectivity index (χ3n) is 7.44. The van der Waals surface area contributed by atoms with Crippen molar-refractivity contribution in [2.45, 2.75) is 64.1 Å². The molecule has 2 atom stereocenters. The van der Waals surface area contributed by atoms with Crippen molar-refractivity contribution in [2.75, 3.05) is 0 Å². The highest BCUT2D eigenvalue weighted by Gasteiger charge is 2.47. The Bertz CT molecular complexity index is 1230. The van der Waals surface area contributed by atoms with Crippen LogP contribution in [0, 0.1) is 13.8 Å². The summed E-state index contributed by atoms with van der Waals surface area (Å²) >= 11 is 6.80. The van der Waals surface area contributed by atoms with Crippen molar-refractivity contribution in [2.24, 2.45) is 0 Å². The van der Waals surface area contributed by atoms with Gasteiger partial charge >= 0.3 is 0 Å². The molecule has 0 saturated carbocycles. The minimum Gasteiger partial charge on any atom is -0.488 e. The standard InChI is InChI=1S/C27H26ClN3O2/c1-15-3-5-18(14-29-15)24-8-4-17(13-30-24)9-19-10-23-26(25(28)16(19)2)33-22-11-20-6-7-21(12-22)31(20)27(23)32/h3-5,8,10,13-14,20-22H,6-7,9,11-12H2,1-2H3. The van der Waals surface area contributed by atoms with Crippen LogP contribution in [0.5, 0.6) is 5.75 Å². The second-order valence-electron chi connectivity index (χ2n) is 9.58. The van der Waals surface area contributed by atoms with Crippen molar-refractivity contribution in [3.63, 3.8) is 0 Å². The fraction of sp³-hybridized carbons (Fsp3) is 0.370. The molecule has 0 N–H and O–H groups in total. The van der Waals surface area contributed by atoms with Gasteiger partial charge in [0, 0.05) is 48.6 Å². The molecule has 168 valence electrons. The lowest BCUT2D eigenvalue weighted by Crippen LogP contribution is -2.51. The molecule has 2 fully saturated rings. The minimum absolute atomic E-state index is 0.0687. The fourth-order valence-corrected chi connectivity index (χ4v) is 5.90. The van der Waals surface area contributed by atoms with E-state index in [9.17, 15) is 4.79 Å². The highest BCUT2D eigenvalue weighted by molar-refractivity contribution is 6.33. The summed E-state index contributed by atoms with van der Waals surface area (Å²) in [6, 6.07) is 10.7. The first kappa shape index (κ1) is 20.7. The van der Waals surface area contributed by atoms with E-state index in [1.165, 1.54) is 0 Å². The Labute approximate surface area is 198 Å². The maximum atomic E-state index is 13.6. The average Bonchev–Trinajstić information content (AvgIpc) is 3.07. The van der Waals surface area contributed by atoms with E-state index in [0.717, 1.165) is 59.3 Å². The molecule has 2 saturated heterocycles. The molecule has 6 heteroatoms. The summed E-state index contributed by atoms with van der Waals surface area (Å²) in [6.45, 7) is 3.98. The van der Waals surface area contributed by atoms with Crippen LogP contribution in [0.2, 0.25) is 5.02 Å².